The number of benzene rings is 1. The average Bonchev–Trinajstić information content (AvgIpc) is 2.34. The van der Waals surface area contributed by atoms with Crippen LogP contribution in [0.1, 0.15) is 5.56 Å². The minimum atomic E-state index is -0.999. The first-order valence-electron chi connectivity index (χ1n) is 5.15. The highest BCUT2D eigenvalue weighted by atomic mass is 19.1. The molecule has 2 rings (SSSR count). The van der Waals surface area contributed by atoms with Gasteiger partial charge in [-0.2, -0.15) is 0 Å². The number of phenols is 1. The standard InChI is InChI=1S/C13H10F2N2O/c14-10-7-9(13(18)12(15)8-10)1-4-17-5-2-11(16)3-6-17/h1-8,16,18H. The van der Waals surface area contributed by atoms with Crippen molar-refractivity contribution in [2.45, 2.75) is 0 Å². The summed E-state index contributed by atoms with van der Waals surface area (Å²) in [5.74, 6) is -2.34. The van der Waals surface area contributed by atoms with E-state index in [-0.39, 0.29) is 5.56 Å². The molecule has 1 heterocycles. The smallest absolute Gasteiger partial charge is 0.168 e. The van der Waals surface area contributed by atoms with Crippen LogP contribution in [0.5, 0.6) is 5.75 Å². The van der Waals surface area contributed by atoms with E-state index in [0.29, 0.717) is 11.4 Å². The molecule has 2 aromatic rings. The van der Waals surface area contributed by atoms with Crippen molar-refractivity contribution in [2.75, 3.05) is 0 Å². The third-order valence-corrected chi connectivity index (χ3v) is 2.34. The van der Waals surface area contributed by atoms with Crippen LogP contribution >= 0.6 is 0 Å². The Kier molecular flexibility index (Phi) is 3.23. The summed E-state index contributed by atoms with van der Waals surface area (Å²) < 4.78 is 27.6. The third kappa shape index (κ3) is 2.63. The van der Waals surface area contributed by atoms with Gasteiger partial charge in [-0.15, -0.1) is 0 Å². The summed E-state index contributed by atoms with van der Waals surface area (Å²) in [6.07, 6.45) is 6.13. The molecule has 0 aliphatic rings. The number of pyridine rings is 1. The van der Waals surface area contributed by atoms with E-state index in [9.17, 15) is 13.9 Å². The number of hydrogen-bond acceptors (Lipinski definition) is 2. The van der Waals surface area contributed by atoms with Crippen molar-refractivity contribution < 1.29 is 13.9 Å². The molecule has 0 fully saturated rings. The molecule has 0 unspecified atom stereocenters. The first kappa shape index (κ1) is 12.0. The second-order valence-electron chi connectivity index (χ2n) is 3.68. The summed E-state index contributed by atoms with van der Waals surface area (Å²) in [7, 11) is 0. The van der Waals surface area contributed by atoms with Gasteiger partial charge in [0.1, 0.15) is 5.82 Å². The molecule has 0 amide bonds. The van der Waals surface area contributed by atoms with Crippen LogP contribution in [0, 0.1) is 17.0 Å². The molecule has 0 saturated carbocycles. The quantitative estimate of drug-likeness (QED) is 0.843. The van der Waals surface area contributed by atoms with Gasteiger partial charge < -0.3 is 15.1 Å². The van der Waals surface area contributed by atoms with E-state index < -0.39 is 17.4 Å². The highest BCUT2D eigenvalue weighted by Crippen LogP contribution is 2.23. The van der Waals surface area contributed by atoms with Gasteiger partial charge in [0, 0.05) is 30.2 Å². The monoisotopic (exact) mass is 248 g/mol. The minimum Gasteiger partial charge on any atom is -0.504 e. The molecule has 5 heteroatoms. The Balaban J connectivity index is 2.34. The lowest BCUT2D eigenvalue weighted by atomic mass is 10.2. The van der Waals surface area contributed by atoms with E-state index in [1.165, 1.54) is 12.3 Å². The van der Waals surface area contributed by atoms with Crippen LogP contribution in [0.3, 0.4) is 0 Å². The largest absolute Gasteiger partial charge is 0.504 e. The minimum absolute atomic E-state index is 0.0509. The molecular weight excluding hydrogens is 238 g/mol. The first-order valence-corrected chi connectivity index (χ1v) is 5.15. The Morgan fingerprint density at radius 2 is 1.83 bits per heavy atom. The summed E-state index contributed by atoms with van der Waals surface area (Å²) >= 11 is 0. The van der Waals surface area contributed by atoms with Crippen LogP contribution in [0.25, 0.3) is 12.3 Å². The number of phenolic OH excluding ortho intramolecular Hbond substituents is 1. The molecule has 18 heavy (non-hydrogen) atoms. The van der Waals surface area contributed by atoms with Gasteiger partial charge in [-0.3, -0.25) is 0 Å². The Hall–Kier alpha value is -2.43. The van der Waals surface area contributed by atoms with E-state index in [4.69, 9.17) is 5.41 Å². The maximum atomic E-state index is 13.1. The highest BCUT2D eigenvalue weighted by Gasteiger charge is 2.07. The fraction of sp³-hybridized carbons (Fsp3) is 0. The van der Waals surface area contributed by atoms with Crippen molar-refractivity contribution in [3.63, 3.8) is 0 Å². The zero-order chi connectivity index (χ0) is 13.1. The predicted octanol–water partition coefficient (Wildman–Crippen LogP) is 2.58. The van der Waals surface area contributed by atoms with Crippen LogP contribution in [0.4, 0.5) is 8.78 Å². The molecule has 0 aliphatic heterocycles. The number of hydrogen-bond donors (Lipinski definition) is 2. The molecule has 0 saturated heterocycles. The van der Waals surface area contributed by atoms with Gasteiger partial charge in [0.25, 0.3) is 0 Å². The highest BCUT2D eigenvalue weighted by molar-refractivity contribution is 5.65. The van der Waals surface area contributed by atoms with E-state index >= 15 is 0 Å². The topological polar surface area (TPSA) is 49.0 Å². The molecule has 3 nitrogen and oxygen atoms in total. The fourth-order valence-corrected chi connectivity index (χ4v) is 1.42. The van der Waals surface area contributed by atoms with Crippen LogP contribution in [0.15, 0.2) is 36.7 Å². The van der Waals surface area contributed by atoms with Gasteiger partial charge in [0.05, 0.1) is 5.36 Å². The number of aromatic nitrogens is 1. The Labute approximate surface area is 102 Å². The second-order valence-corrected chi connectivity index (χ2v) is 3.68. The van der Waals surface area contributed by atoms with Crippen LogP contribution < -0.4 is 5.36 Å². The molecule has 2 N–H and O–H groups in total. The molecule has 0 radical (unpaired) electrons. The lowest BCUT2D eigenvalue weighted by molar-refractivity contribution is 0.426. The van der Waals surface area contributed by atoms with Crippen molar-refractivity contribution >= 4 is 12.3 Å². The number of rotatable bonds is 2. The molecule has 0 spiro atoms. The van der Waals surface area contributed by atoms with Crippen LogP contribution in [-0.2, 0) is 0 Å². The molecule has 0 bridgehead atoms. The lowest BCUT2D eigenvalue weighted by Crippen LogP contribution is -1.98. The molecule has 92 valence electrons. The van der Waals surface area contributed by atoms with E-state index in [2.05, 4.69) is 0 Å². The number of nitrogens with one attached hydrogen (secondary N) is 1. The molecule has 1 aromatic carbocycles. The lowest BCUT2D eigenvalue weighted by Gasteiger charge is -2.02. The van der Waals surface area contributed by atoms with Crippen LogP contribution in [0.2, 0.25) is 0 Å². The Morgan fingerprint density at radius 3 is 2.50 bits per heavy atom. The van der Waals surface area contributed by atoms with Crippen molar-refractivity contribution in [1.82, 2.24) is 4.57 Å². The van der Waals surface area contributed by atoms with Gasteiger partial charge >= 0.3 is 0 Å². The number of halogens is 2. The third-order valence-electron chi connectivity index (χ3n) is 2.34. The van der Waals surface area contributed by atoms with E-state index in [1.807, 2.05) is 0 Å². The summed E-state index contributed by atoms with van der Waals surface area (Å²) in [6, 6.07) is 4.79. The number of nitrogens with zero attached hydrogens (tertiary/aromatic N) is 1. The van der Waals surface area contributed by atoms with Gasteiger partial charge in [0.2, 0.25) is 0 Å². The van der Waals surface area contributed by atoms with Crippen LogP contribution in [-0.4, -0.2) is 9.67 Å². The first-order chi connectivity index (χ1) is 8.56. The predicted molar refractivity (Wildman–Crippen MR) is 63.5 cm³/mol. The fourth-order valence-electron chi connectivity index (χ4n) is 1.42. The van der Waals surface area contributed by atoms with Gasteiger partial charge in [0.15, 0.2) is 11.6 Å². The molecular formula is C13H10F2N2O. The van der Waals surface area contributed by atoms with Crippen molar-refractivity contribution in [2.24, 2.45) is 0 Å². The maximum absolute atomic E-state index is 13.1. The summed E-state index contributed by atoms with van der Waals surface area (Å²) in [4.78, 5) is 0. The van der Waals surface area contributed by atoms with Gasteiger partial charge in [-0.05, 0) is 24.3 Å². The van der Waals surface area contributed by atoms with Gasteiger partial charge in [-0.25, -0.2) is 8.78 Å². The summed E-state index contributed by atoms with van der Waals surface area (Å²) in [5.41, 5.74) is 0.0509. The Morgan fingerprint density at radius 1 is 1.17 bits per heavy atom. The molecule has 1 aromatic heterocycles. The summed E-state index contributed by atoms with van der Waals surface area (Å²) in [6.45, 7) is 0. The van der Waals surface area contributed by atoms with Gasteiger partial charge in [-0.1, -0.05) is 0 Å². The SMILES string of the molecule is N=c1ccn(C=Cc2cc(F)cc(F)c2O)cc1. The summed E-state index contributed by atoms with van der Waals surface area (Å²) in [5, 5.41) is 17.1. The maximum Gasteiger partial charge on any atom is 0.168 e. The zero-order valence-corrected chi connectivity index (χ0v) is 9.27. The second kappa shape index (κ2) is 4.83. The van der Waals surface area contributed by atoms with E-state index in [1.54, 1.807) is 29.1 Å². The molecule has 0 aliphatic carbocycles. The zero-order valence-electron chi connectivity index (χ0n) is 9.27. The average molecular weight is 248 g/mol. The Bertz CT molecular complexity index is 642. The van der Waals surface area contributed by atoms with E-state index in [0.717, 1.165) is 6.07 Å². The van der Waals surface area contributed by atoms with Crippen molar-refractivity contribution in [3.05, 3.63) is 59.2 Å². The molecule has 0 atom stereocenters. The normalized spacial score (nSPS) is 11.0. The number of aromatic hydroxyl groups is 1. The van der Waals surface area contributed by atoms with Crippen molar-refractivity contribution in [1.29, 1.82) is 5.41 Å². The van der Waals surface area contributed by atoms with Crippen molar-refractivity contribution in [3.8, 4) is 5.75 Å².